The summed E-state index contributed by atoms with van der Waals surface area (Å²) in [4.78, 5) is 0. The molecule has 0 aliphatic heterocycles. The molecular weight excluding hydrogens is 154 g/mol. The van der Waals surface area contributed by atoms with Gasteiger partial charge in [-0.3, -0.25) is 0 Å². The molecule has 0 saturated heterocycles. The molecule has 0 saturated carbocycles. The molecule has 1 rings (SSSR count). The third-order valence-corrected chi connectivity index (χ3v) is 1.47. The van der Waals surface area contributed by atoms with Gasteiger partial charge in [-0.25, -0.2) is 0 Å². The van der Waals surface area contributed by atoms with Gasteiger partial charge in [-0.15, -0.1) is 0 Å². The van der Waals surface area contributed by atoms with E-state index in [-0.39, 0.29) is 5.88 Å². The molecular formula is C9H11NO2. The highest BCUT2D eigenvalue weighted by molar-refractivity contribution is 5.60. The van der Waals surface area contributed by atoms with Gasteiger partial charge in [-0.2, -0.15) is 0 Å². The topological polar surface area (TPSA) is 55.5 Å². The average Bonchev–Trinajstić information content (AvgIpc) is 2.07. The molecule has 0 amide bonds. The Hall–Kier alpha value is -1.64. The SMILES string of the molecule is CO/C(=C(\N)O)c1ccccc1. The van der Waals surface area contributed by atoms with Crippen molar-refractivity contribution in [3.63, 3.8) is 0 Å². The van der Waals surface area contributed by atoms with Crippen LogP contribution in [0.25, 0.3) is 5.76 Å². The molecule has 0 unspecified atom stereocenters. The van der Waals surface area contributed by atoms with E-state index in [2.05, 4.69) is 0 Å². The van der Waals surface area contributed by atoms with Crippen LogP contribution in [0.1, 0.15) is 5.56 Å². The zero-order chi connectivity index (χ0) is 8.97. The van der Waals surface area contributed by atoms with Crippen LogP contribution in [-0.2, 0) is 4.74 Å². The minimum atomic E-state index is -0.302. The number of methoxy groups -OCH3 is 1. The minimum Gasteiger partial charge on any atom is -0.492 e. The van der Waals surface area contributed by atoms with Crippen molar-refractivity contribution < 1.29 is 9.84 Å². The number of ether oxygens (including phenoxy) is 1. The third kappa shape index (κ3) is 1.69. The van der Waals surface area contributed by atoms with Gasteiger partial charge in [0.15, 0.2) is 5.76 Å². The molecule has 1 aromatic rings. The molecule has 0 aliphatic carbocycles. The summed E-state index contributed by atoms with van der Waals surface area (Å²) >= 11 is 0. The predicted octanol–water partition coefficient (Wildman–Crippen LogP) is 1.48. The highest BCUT2D eigenvalue weighted by atomic mass is 16.5. The molecule has 0 spiro atoms. The lowest BCUT2D eigenvalue weighted by Gasteiger charge is -2.05. The van der Waals surface area contributed by atoms with Crippen LogP contribution in [-0.4, -0.2) is 12.2 Å². The smallest absolute Gasteiger partial charge is 0.225 e. The first-order chi connectivity index (χ1) is 5.75. The van der Waals surface area contributed by atoms with Crippen LogP contribution >= 0.6 is 0 Å². The molecule has 0 radical (unpaired) electrons. The second-order valence-corrected chi connectivity index (χ2v) is 2.28. The second kappa shape index (κ2) is 3.67. The summed E-state index contributed by atoms with van der Waals surface area (Å²) < 4.78 is 4.90. The summed E-state index contributed by atoms with van der Waals surface area (Å²) in [7, 11) is 1.46. The van der Waals surface area contributed by atoms with Crippen LogP contribution in [0, 0.1) is 0 Å². The van der Waals surface area contributed by atoms with E-state index in [0.717, 1.165) is 5.56 Å². The number of aliphatic hydroxyl groups excluding tert-OH is 1. The summed E-state index contributed by atoms with van der Waals surface area (Å²) in [6.45, 7) is 0. The fraction of sp³-hybridized carbons (Fsp3) is 0.111. The molecule has 0 fully saturated rings. The number of nitrogens with two attached hydrogens (primary N) is 1. The quantitative estimate of drug-likeness (QED) is 0.652. The van der Waals surface area contributed by atoms with Crippen LogP contribution in [0.2, 0.25) is 0 Å². The number of rotatable bonds is 2. The maximum absolute atomic E-state index is 9.00. The molecule has 0 aromatic heterocycles. The van der Waals surface area contributed by atoms with E-state index in [9.17, 15) is 0 Å². The lowest BCUT2D eigenvalue weighted by atomic mass is 10.2. The molecule has 3 N–H and O–H groups in total. The van der Waals surface area contributed by atoms with E-state index in [4.69, 9.17) is 15.6 Å². The molecule has 64 valence electrons. The lowest BCUT2D eigenvalue weighted by molar-refractivity contribution is 0.325. The van der Waals surface area contributed by atoms with Crippen LogP contribution in [0.3, 0.4) is 0 Å². The Morgan fingerprint density at radius 2 is 1.92 bits per heavy atom. The van der Waals surface area contributed by atoms with Gasteiger partial charge in [-0.05, 0) is 0 Å². The van der Waals surface area contributed by atoms with Crippen LogP contribution in [0.15, 0.2) is 36.2 Å². The first-order valence-corrected chi connectivity index (χ1v) is 3.54. The van der Waals surface area contributed by atoms with Crippen molar-refractivity contribution in [2.75, 3.05) is 7.11 Å². The molecule has 3 heteroatoms. The first-order valence-electron chi connectivity index (χ1n) is 3.54. The molecule has 0 bridgehead atoms. The monoisotopic (exact) mass is 165 g/mol. The largest absolute Gasteiger partial charge is 0.492 e. The Kier molecular flexibility index (Phi) is 2.58. The van der Waals surface area contributed by atoms with Crippen molar-refractivity contribution in [2.24, 2.45) is 5.73 Å². The van der Waals surface area contributed by atoms with Crippen LogP contribution < -0.4 is 5.73 Å². The lowest BCUT2D eigenvalue weighted by Crippen LogP contribution is -2.02. The van der Waals surface area contributed by atoms with Gasteiger partial charge >= 0.3 is 0 Å². The van der Waals surface area contributed by atoms with E-state index in [1.165, 1.54) is 7.11 Å². The molecule has 0 aliphatic rings. The Balaban J connectivity index is 3.05. The van der Waals surface area contributed by atoms with Crippen molar-refractivity contribution >= 4 is 5.76 Å². The van der Waals surface area contributed by atoms with Crippen molar-refractivity contribution in [1.29, 1.82) is 0 Å². The number of hydrogen-bond donors (Lipinski definition) is 2. The molecule has 0 atom stereocenters. The number of benzene rings is 1. The Labute approximate surface area is 71.1 Å². The van der Waals surface area contributed by atoms with Crippen molar-refractivity contribution in [3.8, 4) is 0 Å². The summed E-state index contributed by atoms with van der Waals surface area (Å²) in [5, 5.41) is 9.00. The first kappa shape index (κ1) is 8.46. The highest BCUT2D eigenvalue weighted by Crippen LogP contribution is 2.14. The Morgan fingerprint density at radius 3 is 2.33 bits per heavy atom. The normalized spacial score (nSPS) is 12.1. The van der Waals surface area contributed by atoms with Gasteiger partial charge in [0.1, 0.15) is 0 Å². The average molecular weight is 165 g/mol. The Bertz CT molecular complexity index is 276. The summed E-state index contributed by atoms with van der Waals surface area (Å²) in [5.41, 5.74) is 5.95. The van der Waals surface area contributed by atoms with Gasteiger partial charge in [0, 0.05) is 5.56 Å². The minimum absolute atomic E-state index is 0.301. The number of aliphatic hydroxyl groups is 1. The van der Waals surface area contributed by atoms with Crippen molar-refractivity contribution in [3.05, 3.63) is 41.8 Å². The molecule has 12 heavy (non-hydrogen) atoms. The summed E-state index contributed by atoms with van der Waals surface area (Å²) in [6, 6.07) is 9.18. The maximum Gasteiger partial charge on any atom is 0.225 e. The van der Waals surface area contributed by atoms with Gasteiger partial charge in [0.2, 0.25) is 5.88 Å². The Morgan fingerprint density at radius 1 is 1.33 bits per heavy atom. The van der Waals surface area contributed by atoms with Gasteiger partial charge < -0.3 is 15.6 Å². The van der Waals surface area contributed by atoms with Gasteiger partial charge in [-0.1, -0.05) is 30.3 Å². The van der Waals surface area contributed by atoms with Crippen LogP contribution in [0.4, 0.5) is 0 Å². The molecule has 1 aromatic carbocycles. The van der Waals surface area contributed by atoms with E-state index in [1.807, 2.05) is 30.3 Å². The fourth-order valence-corrected chi connectivity index (χ4v) is 0.960. The predicted molar refractivity (Wildman–Crippen MR) is 47.2 cm³/mol. The second-order valence-electron chi connectivity index (χ2n) is 2.28. The van der Waals surface area contributed by atoms with E-state index in [0.29, 0.717) is 5.76 Å². The molecule has 3 nitrogen and oxygen atoms in total. The summed E-state index contributed by atoms with van der Waals surface area (Å²) in [5.74, 6) is -0.000648. The van der Waals surface area contributed by atoms with Crippen LogP contribution in [0.5, 0.6) is 0 Å². The van der Waals surface area contributed by atoms with Crippen molar-refractivity contribution in [1.82, 2.24) is 0 Å². The van der Waals surface area contributed by atoms with Crippen molar-refractivity contribution in [2.45, 2.75) is 0 Å². The van der Waals surface area contributed by atoms with Gasteiger partial charge in [0.05, 0.1) is 7.11 Å². The standard InChI is InChI=1S/C9H11NO2/c1-12-8(9(10)11)7-5-3-2-4-6-7/h2-6,11H,10H2,1H3/b9-8+. The van der Waals surface area contributed by atoms with E-state index < -0.39 is 0 Å². The third-order valence-electron chi connectivity index (χ3n) is 1.47. The fourth-order valence-electron chi connectivity index (χ4n) is 0.960. The zero-order valence-electron chi connectivity index (χ0n) is 6.82. The zero-order valence-corrected chi connectivity index (χ0v) is 6.82. The molecule has 0 heterocycles. The van der Waals surface area contributed by atoms with Gasteiger partial charge in [0.25, 0.3) is 0 Å². The highest BCUT2D eigenvalue weighted by Gasteiger charge is 2.04. The number of hydrogen-bond acceptors (Lipinski definition) is 3. The van der Waals surface area contributed by atoms with E-state index in [1.54, 1.807) is 0 Å². The maximum atomic E-state index is 9.00. The van der Waals surface area contributed by atoms with E-state index >= 15 is 0 Å². The summed E-state index contributed by atoms with van der Waals surface area (Å²) in [6.07, 6.45) is 0.